The van der Waals surface area contributed by atoms with Crippen molar-refractivity contribution in [3.05, 3.63) is 41.5 Å². The van der Waals surface area contributed by atoms with Crippen molar-refractivity contribution in [1.29, 1.82) is 0 Å². The molecule has 0 bridgehead atoms. The van der Waals surface area contributed by atoms with Gasteiger partial charge in [0.2, 0.25) is 0 Å². The Morgan fingerprint density at radius 1 is 1.33 bits per heavy atom. The highest BCUT2D eigenvalue weighted by Crippen LogP contribution is 2.15. The summed E-state index contributed by atoms with van der Waals surface area (Å²) >= 11 is 0. The average Bonchev–Trinajstić information content (AvgIpc) is 2.18. The molecule has 0 saturated carbocycles. The summed E-state index contributed by atoms with van der Waals surface area (Å²) in [4.78, 5) is 0. The molecule has 0 aliphatic rings. The Morgan fingerprint density at radius 2 is 1.93 bits per heavy atom. The Kier molecular flexibility index (Phi) is 4.57. The molecule has 1 nitrogen and oxygen atoms in total. The number of aryl methyl sites for hydroxylation is 1. The van der Waals surface area contributed by atoms with E-state index in [-0.39, 0.29) is 6.10 Å². The smallest absolute Gasteiger partial charge is 0.0698 e. The molecule has 0 heterocycles. The Hall–Kier alpha value is -1.08. The van der Waals surface area contributed by atoms with Crippen LogP contribution in [0.5, 0.6) is 0 Å². The largest absolute Gasteiger partial charge is 0.389 e. The van der Waals surface area contributed by atoms with Crippen LogP contribution in [-0.4, -0.2) is 11.2 Å². The molecule has 1 N–H and O–H groups in total. The van der Waals surface area contributed by atoms with E-state index in [1.54, 1.807) is 6.92 Å². The quantitative estimate of drug-likeness (QED) is 0.796. The van der Waals surface area contributed by atoms with Crippen LogP contribution >= 0.6 is 0 Å². The van der Waals surface area contributed by atoms with Crippen LogP contribution in [0, 0.1) is 0 Å². The van der Waals surface area contributed by atoms with Gasteiger partial charge in [-0.25, -0.2) is 0 Å². The van der Waals surface area contributed by atoms with E-state index in [1.165, 1.54) is 17.5 Å². The van der Waals surface area contributed by atoms with Crippen LogP contribution in [-0.2, 0) is 6.42 Å². The molecule has 0 radical (unpaired) electrons. The third-order valence-corrected chi connectivity index (χ3v) is 2.44. The second-order valence-electron chi connectivity index (χ2n) is 4.04. The zero-order valence-electron chi connectivity index (χ0n) is 9.83. The predicted octanol–water partition coefficient (Wildman–Crippen LogP) is 3.42. The molecular formula is C14H20O. The molecule has 0 aliphatic carbocycles. The molecule has 82 valence electrons. The average molecular weight is 204 g/mol. The van der Waals surface area contributed by atoms with Gasteiger partial charge in [0.05, 0.1) is 6.10 Å². The molecule has 0 amide bonds. The van der Waals surface area contributed by atoms with Crippen molar-refractivity contribution in [3.63, 3.8) is 0 Å². The lowest BCUT2D eigenvalue weighted by molar-refractivity contribution is 0.244. The summed E-state index contributed by atoms with van der Waals surface area (Å²) in [5.74, 6) is 0. The molecule has 0 fully saturated rings. The van der Waals surface area contributed by atoms with Crippen molar-refractivity contribution in [2.75, 3.05) is 0 Å². The van der Waals surface area contributed by atoms with Gasteiger partial charge in [-0.3, -0.25) is 0 Å². The van der Waals surface area contributed by atoms with E-state index in [0.29, 0.717) is 0 Å². The summed E-state index contributed by atoms with van der Waals surface area (Å²) in [7, 11) is 0. The van der Waals surface area contributed by atoms with Crippen molar-refractivity contribution in [2.24, 2.45) is 0 Å². The van der Waals surface area contributed by atoms with Crippen molar-refractivity contribution in [2.45, 2.75) is 39.7 Å². The van der Waals surface area contributed by atoms with Gasteiger partial charge in [0, 0.05) is 0 Å². The molecule has 1 aromatic rings. The predicted molar refractivity (Wildman–Crippen MR) is 65.8 cm³/mol. The molecule has 1 rings (SSSR count). The van der Waals surface area contributed by atoms with Crippen LogP contribution in [0.4, 0.5) is 0 Å². The maximum Gasteiger partial charge on any atom is 0.0698 e. The van der Waals surface area contributed by atoms with Crippen LogP contribution in [0.2, 0.25) is 0 Å². The molecular weight excluding hydrogens is 184 g/mol. The van der Waals surface area contributed by atoms with E-state index in [2.05, 4.69) is 31.2 Å². The maximum absolute atomic E-state index is 9.25. The molecule has 0 aromatic heterocycles. The first-order valence-corrected chi connectivity index (χ1v) is 5.59. The lowest BCUT2D eigenvalue weighted by Crippen LogP contribution is -1.94. The van der Waals surface area contributed by atoms with Gasteiger partial charge in [0.15, 0.2) is 0 Å². The number of allylic oxidation sites excluding steroid dienone is 1. The van der Waals surface area contributed by atoms with Gasteiger partial charge >= 0.3 is 0 Å². The highest BCUT2D eigenvalue weighted by Gasteiger charge is 1.98. The lowest BCUT2D eigenvalue weighted by Gasteiger charge is -2.05. The topological polar surface area (TPSA) is 20.2 Å². The normalized spacial score (nSPS) is 14.0. The van der Waals surface area contributed by atoms with Gasteiger partial charge in [-0.05, 0) is 37.0 Å². The summed E-state index contributed by atoms with van der Waals surface area (Å²) in [5.41, 5.74) is 3.70. The zero-order chi connectivity index (χ0) is 11.3. The number of aliphatic hydroxyl groups excluding tert-OH is 1. The lowest BCUT2D eigenvalue weighted by atomic mass is 10.0. The summed E-state index contributed by atoms with van der Waals surface area (Å²) in [6.45, 7) is 5.99. The molecule has 1 heteroatoms. The highest BCUT2D eigenvalue weighted by molar-refractivity contribution is 5.64. The minimum absolute atomic E-state index is 0.375. The highest BCUT2D eigenvalue weighted by atomic mass is 16.3. The molecule has 15 heavy (non-hydrogen) atoms. The molecule has 1 unspecified atom stereocenters. The molecule has 1 atom stereocenters. The van der Waals surface area contributed by atoms with Gasteiger partial charge in [0.25, 0.3) is 0 Å². The fourth-order valence-corrected chi connectivity index (χ4v) is 1.68. The molecule has 1 aromatic carbocycles. The Morgan fingerprint density at radius 3 is 2.40 bits per heavy atom. The minimum Gasteiger partial charge on any atom is -0.389 e. The van der Waals surface area contributed by atoms with Crippen molar-refractivity contribution in [1.82, 2.24) is 0 Å². The number of benzene rings is 1. The van der Waals surface area contributed by atoms with E-state index in [0.717, 1.165) is 12.0 Å². The maximum atomic E-state index is 9.25. The van der Waals surface area contributed by atoms with E-state index >= 15 is 0 Å². The number of aliphatic hydroxyl groups is 1. The Bertz CT molecular complexity index is 320. The third-order valence-electron chi connectivity index (χ3n) is 2.44. The summed E-state index contributed by atoms with van der Waals surface area (Å²) in [6.07, 6.45) is 3.82. The van der Waals surface area contributed by atoms with Crippen LogP contribution in [0.15, 0.2) is 30.3 Å². The van der Waals surface area contributed by atoms with Crippen molar-refractivity contribution >= 4 is 5.57 Å². The summed E-state index contributed by atoms with van der Waals surface area (Å²) < 4.78 is 0. The van der Waals surface area contributed by atoms with Gasteiger partial charge < -0.3 is 5.11 Å². The number of hydrogen-bond donors (Lipinski definition) is 1. The minimum atomic E-state index is -0.375. The van der Waals surface area contributed by atoms with E-state index in [9.17, 15) is 5.11 Å². The molecule has 0 spiro atoms. The van der Waals surface area contributed by atoms with Crippen LogP contribution in [0.25, 0.3) is 5.57 Å². The van der Waals surface area contributed by atoms with Crippen molar-refractivity contribution < 1.29 is 5.11 Å². The van der Waals surface area contributed by atoms with Gasteiger partial charge in [-0.2, -0.15) is 0 Å². The Labute approximate surface area is 92.5 Å². The zero-order valence-corrected chi connectivity index (χ0v) is 9.83. The standard InChI is InChI=1S/C14H20O/c1-4-5-13-6-8-14(9-7-13)11(2)10-12(3)15/h6-10,12,15H,4-5H2,1-3H3/b11-10+. The fraction of sp³-hybridized carbons (Fsp3) is 0.429. The van der Waals surface area contributed by atoms with E-state index in [1.807, 2.05) is 13.0 Å². The SMILES string of the molecule is CCCc1ccc(/C(C)=C/C(C)O)cc1. The van der Waals surface area contributed by atoms with Crippen LogP contribution in [0.3, 0.4) is 0 Å². The van der Waals surface area contributed by atoms with Gasteiger partial charge in [0.1, 0.15) is 0 Å². The summed E-state index contributed by atoms with van der Waals surface area (Å²) in [5, 5.41) is 9.25. The Balaban J connectivity index is 2.79. The molecule has 0 saturated heterocycles. The summed E-state index contributed by atoms with van der Waals surface area (Å²) in [6, 6.07) is 8.58. The fourth-order valence-electron chi connectivity index (χ4n) is 1.68. The third kappa shape index (κ3) is 3.88. The van der Waals surface area contributed by atoms with Crippen LogP contribution < -0.4 is 0 Å². The monoisotopic (exact) mass is 204 g/mol. The van der Waals surface area contributed by atoms with Crippen molar-refractivity contribution in [3.8, 4) is 0 Å². The van der Waals surface area contributed by atoms with Crippen LogP contribution in [0.1, 0.15) is 38.3 Å². The number of rotatable bonds is 4. The number of hydrogen-bond acceptors (Lipinski definition) is 1. The molecule has 0 aliphatic heterocycles. The first-order valence-electron chi connectivity index (χ1n) is 5.59. The first kappa shape index (κ1) is 12.0. The van der Waals surface area contributed by atoms with E-state index in [4.69, 9.17) is 0 Å². The second kappa shape index (κ2) is 5.72. The van der Waals surface area contributed by atoms with Gasteiger partial charge in [-0.15, -0.1) is 0 Å². The van der Waals surface area contributed by atoms with Gasteiger partial charge in [-0.1, -0.05) is 43.7 Å². The second-order valence-corrected chi connectivity index (χ2v) is 4.04. The first-order chi connectivity index (χ1) is 7.13. The van der Waals surface area contributed by atoms with E-state index < -0.39 is 0 Å².